The van der Waals surface area contributed by atoms with Gasteiger partial charge in [0.15, 0.2) is 0 Å². The van der Waals surface area contributed by atoms with E-state index in [1.54, 1.807) is 23.0 Å². The Kier molecular flexibility index (Phi) is 4.84. The third-order valence-electron chi connectivity index (χ3n) is 4.88. The molecular weight excluding hydrogens is 393 g/mol. The number of amides is 3. The number of phenols is 1. The molecule has 1 unspecified atom stereocenters. The monoisotopic (exact) mass is 413 g/mol. The quantitative estimate of drug-likeness (QED) is 0.504. The summed E-state index contributed by atoms with van der Waals surface area (Å²) in [4.78, 5) is 27.9. The van der Waals surface area contributed by atoms with Crippen molar-refractivity contribution in [3.05, 3.63) is 53.2 Å². The van der Waals surface area contributed by atoms with Crippen molar-refractivity contribution in [3.8, 4) is 5.75 Å². The van der Waals surface area contributed by atoms with Gasteiger partial charge in [0, 0.05) is 23.6 Å². The largest absolute Gasteiger partial charge is 0.507 e. The van der Waals surface area contributed by atoms with Crippen molar-refractivity contribution in [2.75, 3.05) is 11.4 Å². The van der Waals surface area contributed by atoms with Crippen LogP contribution in [0.25, 0.3) is 0 Å². The molecular formula is C19H20N5O4P. The van der Waals surface area contributed by atoms with Gasteiger partial charge < -0.3 is 14.5 Å². The highest BCUT2D eigenvalue weighted by Crippen LogP contribution is 2.24. The molecule has 29 heavy (non-hydrogen) atoms. The van der Waals surface area contributed by atoms with E-state index in [0.29, 0.717) is 23.3 Å². The second-order valence-electron chi connectivity index (χ2n) is 6.96. The van der Waals surface area contributed by atoms with Crippen LogP contribution in [0.1, 0.15) is 22.6 Å². The van der Waals surface area contributed by atoms with Crippen LogP contribution in [0.5, 0.6) is 5.75 Å². The number of imide groups is 1. The zero-order chi connectivity index (χ0) is 20.7. The minimum absolute atomic E-state index is 0.0305. The number of aromatic nitrogens is 3. The van der Waals surface area contributed by atoms with E-state index in [9.17, 15) is 14.7 Å². The molecule has 0 radical (unpaired) electrons. The number of anilines is 1. The van der Waals surface area contributed by atoms with Crippen LogP contribution in [0.3, 0.4) is 0 Å². The molecule has 0 bridgehead atoms. The molecule has 2 aromatic heterocycles. The Bertz CT molecular complexity index is 1090. The third-order valence-corrected chi connectivity index (χ3v) is 5.37. The van der Waals surface area contributed by atoms with Crippen LogP contribution < -0.4 is 10.2 Å². The number of carbonyl (C=O) groups is 2. The van der Waals surface area contributed by atoms with Crippen LogP contribution in [0.4, 0.5) is 10.5 Å². The van der Waals surface area contributed by atoms with Crippen LogP contribution in [0, 0.1) is 13.8 Å². The molecule has 3 amide bonds. The molecule has 3 aromatic rings. The van der Waals surface area contributed by atoms with Gasteiger partial charge >= 0.3 is 6.03 Å². The van der Waals surface area contributed by atoms with Crippen molar-refractivity contribution in [3.63, 3.8) is 0 Å². The van der Waals surface area contributed by atoms with Gasteiger partial charge in [0.2, 0.25) is 0 Å². The first-order valence-electron chi connectivity index (χ1n) is 8.97. The Labute approximate surface area is 169 Å². The molecule has 1 saturated heterocycles. The second-order valence-corrected chi connectivity index (χ2v) is 7.58. The van der Waals surface area contributed by atoms with Gasteiger partial charge in [-0.25, -0.2) is 9.69 Å². The molecule has 1 N–H and O–H groups in total. The van der Waals surface area contributed by atoms with Crippen molar-refractivity contribution in [2.45, 2.75) is 26.9 Å². The van der Waals surface area contributed by atoms with E-state index in [4.69, 9.17) is 4.52 Å². The first-order valence-corrected chi connectivity index (χ1v) is 9.54. The summed E-state index contributed by atoms with van der Waals surface area (Å²) in [5.74, 6) is 0.514. The highest BCUT2D eigenvalue weighted by Gasteiger charge is 2.37. The summed E-state index contributed by atoms with van der Waals surface area (Å²) in [6.07, 6.45) is 3.15. The second kappa shape index (κ2) is 7.33. The molecule has 10 heteroatoms. The minimum Gasteiger partial charge on any atom is -0.507 e. The smallest absolute Gasteiger partial charge is 0.332 e. The van der Waals surface area contributed by atoms with Gasteiger partial charge in [-0.05, 0) is 25.5 Å². The number of rotatable bonds is 5. The van der Waals surface area contributed by atoms with E-state index in [1.807, 2.05) is 19.9 Å². The summed E-state index contributed by atoms with van der Waals surface area (Å²) >= 11 is 0. The maximum atomic E-state index is 12.8. The zero-order valence-electron chi connectivity index (χ0n) is 16.0. The van der Waals surface area contributed by atoms with Crippen LogP contribution in [0.15, 0.2) is 35.1 Å². The number of phenolic OH excluding ortho intramolecular Hbond substituents is 1. The number of aryl methyl sites for hydroxylation is 2. The predicted octanol–water partition coefficient (Wildman–Crippen LogP) is 1.71. The van der Waals surface area contributed by atoms with Gasteiger partial charge in [-0.3, -0.25) is 9.48 Å². The fraction of sp³-hybridized carbons (Fsp3) is 0.263. The number of hydrogen-bond donors (Lipinski definition) is 1. The average Bonchev–Trinajstić information content (AvgIpc) is 3.33. The van der Waals surface area contributed by atoms with Gasteiger partial charge in [0.1, 0.15) is 18.1 Å². The average molecular weight is 413 g/mol. The van der Waals surface area contributed by atoms with Gasteiger partial charge in [-0.1, -0.05) is 17.3 Å². The maximum Gasteiger partial charge on any atom is 0.332 e. The van der Waals surface area contributed by atoms with E-state index in [-0.39, 0.29) is 24.7 Å². The molecule has 0 saturated carbocycles. The summed E-state index contributed by atoms with van der Waals surface area (Å²) in [6, 6.07) is 4.73. The summed E-state index contributed by atoms with van der Waals surface area (Å²) in [6.45, 7) is 4.31. The summed E-state index contributed by atoms with van der Waals surface area (Å²) in [5, 5.41) is 18.7. The molecule has 9 nitrogen and oxygen atoms in total. The number of benzene rings is 1. The lowest BCUT2D eigenvalue weighted by atomic mass is 10.2. The van der Waals surface area contributed by atoms with Crippen molar-refractivity contribution < 1.29 is 19.2 Å². The number of urea groups is 1. The Morgan fingerprint density at radius 2 is 2.03 bits per heavy atom. The SMILES string of the molecule is Cc1noc(C)c1Cn1cc(N2C(=O)CN(Cc3ccc(P)c(O)c3)C2=O)cn1. The minimum atomic E-state index is -0.415. The highest BCUT2D eigenvalue weighted by molar-refractivity contribution is 7.27. The zero-order valence-corrected chi connectivity index (χ0v) is 17.1. The van der Waals surface area contributed by atoms with Crippen molar-refractivity contribution in [1.29, 1.82) is 0 Å². The number of nitrogens with zero attached hydrogens (tertiary/aromatic N) is 5. The van der Waals surface area contributed by atoms with Gasteiger partial charge in [-0.15, -0.1) is 9.24 Å². The Morgan fingerprint density at radius 1 is 1.24 bits per heavy atom. The normalized spacial score (nSPS) is 14.3. The fourth-order valence-electron chi connectivity index (χ4n) is 3.28. The van der Waals surface area contributed by atoms with E-state index in [2.05, 4.69) is 19.5 Å². The van der Waals surface area contributed by atoms with E-state index >= 15 is 0 Å². The van der Waals surface area contributed by atoms with Gasteiger partial charge in [0.25, 0.3) is 5.91 Å². The molecule has 1 aliphatic rings. The Hall–Kier alpha value is -3.19. The fourth-order valence-corrected chi connectivity index (χ4v) is 3.46. The molecule has 0 aliphatic carbocycles. The lowest BCUT2D eigenvalue weighted by Gasteiger charge is -2.16. The van der Waals surface area contributed by atoms with E-state index < -0.39 is 6.03 Å². The maximum absolute atomic E-state index is 12.8. The number of hydrogen-bond acceptors (Lipinski definition) is 6. The van der Waals surface area contributed by atoms with Crippen LogP contribution in [0.2, 0.25) is 0 Å². The summed E-state index contributed by atoms with van der Waals surface area (Å²) < 4.78 is 6.80. The predicted molar refractivity (Wildman–Crippen MR) is 108 cm³/mol. The van der Waals surface area contributed by atoms with E-state index in [1.165, 1.54) is 11.1 Å². The highest BCUT2D eigenvalue weighted by atomic mass is 31.0. The van der Waals surface area contributed by atoms with Crippen molar-refractivity contribution in [2.24, 2.45) is 0 Å². The first kappa shape index (κ1) is 19.1. The van der Waals surface area contributed by atoms with Gasteiger partial charge in [0.05, 0.1) is 24.1 Å². The topological polar surface area (TPSA) is 105 Å². The standard InChI is InChI=1S/C19H20N5O4P/c1-11-15(12(2)28-21-11)9-23-8-14(6-20-23)24-18(26)10-22(19(24)27)7-13-3-4-17(29)16(25)5-13/h3-6,8,25H,7,9-10,29H2,1-2H3. The summed E-state index contributed by atoms with van der Waals surface area (Å²) in [5.41, 5.74) is 2.85. The lowest BCUT2D eigenvalue weighted by molar-refractivity contribution is -0.116. The molecule has 0 spiro atoms. The molecule has 1 aliphatic heterocycles. The summed E-state index contributed by atoms with van der Waals surface area (Å²) in [7, 11) is 2.43. The molecule has 150 valence electrons. The van der Waals surface area contributed by atoms with Crippen molar-refractivity contribution in [1.82, 2.24) is 19.8 Å². The number of carbonyl (C=O) groups excluding carboxylic acids is 2. The lowest BCUT2D eigenvalue weighted by Crippen LogP contribution is -2.32. The first-order chi connectivity index (χ1) is 13.8. The number of aromatic hydroxyl groups is 1. The van der Waals surface area contributed by atoms with Crippen LogP contribution >= 0.6 is 9.24 Å². The van der Waals surface area contributed by atoms with E-state index in [0.717, 1.165) is 21.7 Å². The third kappa shape index (κ3) is 3.61. The Balaban J connectivity index is 1.50. The van der Waals surface area contributed by atoms with Gasteiger partial charge in [-0.2, -0.15) is 5.10 Å². The van der Waals surface area contributed by atoms with Crippen LogP contribution in [-0.2, 0) is 17.9 Å². The Morgan fingerprint density at radius 3 is 2.72 bits per heavy atom. The molecule has 1 fully saturated rings. The molecule has 4 rings (SSSR count). The molecule has 1 atom stereocenters. The van der Waals surface area contributed by atoms with Crippen molar-refractivity contribution >= 4 is 32.2 Å². The molecule has 1 aromatic carbocycles. The van der Waals surface area contributed by atoms with Crippen LogP contribution in [-0.4, -0.2) is 43.4 Å². The molecule has 3 heterocycles.